The van der Waals surface area contributed by atoms with Crippen molar-refractivity contribution >= 4 is 17.2 Å². The van der Waals surface area contributed by atoms with Gasteiger partial charge in [-0.2, -0.15) is 11.3 Å². The minimum absolute atomic E-state index is 0.596. The Bertz CT molecular complexity index is 456. The van der Waals surface area contributed by atoms with Crippen molar-refractivity contribution in [3.63, 3.8) is 0 Å². The van der Waals surface area contributed by atoms with Crippen molar-refractivity contribution in [2.45, 2.75) is 25.3 Å². The lowest BCUT2D eigenvalue weighted by Gasteiger charge is -2.03. The van der Waals surface area contributed by atoms with E-state index in [0.717, 1.165) is 12.2 Å². The van der Waals surface area contributed by atoms with Crippen LogP contribution in [-0.4, -0.2) is 15.0 Å². The van der Waals surface area contributed by atoms with Crippen LogP contribution in [0.2, 0.25) is 0 Å². The average Bonchev–Trinajstić information content (AvgIpc) is 2.80. The van der Waals surface area contributed by atoms with Gasteiger partial charge in [0.1, 0.15) is 0 Å². The Morgan fingerprint density at radius 3 is 3.07 bits per heavy atom. The lowest BCUT2D eigenvalue weighted by Crippen LogP contribution is -2.05. The summed E-state index contributed by atoms with van der Waals surface area (Å²) in [5.74, 6) is 1.20. The quantitative estimate of drug-likeness (QED) is 0.858. The van der Waals surface area contributed by atoms with Crippen molar-refractivity contribution < 1.29 is 0 Å². The predicted molar refractivity (Wildman–Crippen MR) is 59.8 cm³/mol. The Labute approximate surface area is 91.7 Å². The third-order valence-electron chi connectivity index (χ3n) is 2.68. The molecule has 0 amide bonds. The van der Waals surface area contributed by atoms with Crippen LogP contribution in [0.1, 0.15) is 30.0 Å². The number of hydrogen-bond acceptors (Lipinski definition) is 4. The fourth-order valence-corrected chi connectivity index (χ4v) is 2.44. The van der Waals surface area contributed by atoms with Crippen LogP contribution in [0.5, 0.6) is 0 Å². The molecule has 2 aromatic heterocycles. The molecule has 2 heterocycles. The van der Waals surface area contributed by atoms with Gasteiger partial charge in [-0.15, -0.1) is 5.10 Å². The second-order valence-corrected chi connectivity index (χ2v) is 4.70. The second-order valence-electron chi connectivity index (χ2n) is 3.92. The molecule has 0 aromatic carbocycles. The Hall–Kier alpha value is -1.36. The van der Waals surface area contributed by atoms with Gasteiger partial charge < -0.3 is 5.73 Å². The van der Waals surface area contributed by atoms with Gasteiger partial charge in [0.15, 0.2) is 5.82 Å². The van der Waals surface area contributed by atoms with Crippen LogP contribution >= 0.6 is 11.3 Å². The number of aromatic nitrogens is 3. The van der Waals surface area contributed by atoms with Gasteiger partial charge in [-0.25, -0.2) is 4.68 Å². The van der Waals surface area contributed by atoms with Crippen LogP contribution in [0, 0.1) is 0 Å². The van der Waals surface area contributed by atoms with Crippen molar-refractivity contribution in [3.8, 4) is 0 Å². The third kappa shape index (κ3) is 1.63. The van der Waals surface area contributed by atoms with E-state index in [4.69, 9.17) is 5.73 Å². The number of rotatable bonds is 3. The Balaban J connectivity index is 1.91. The van der Waals surface area contributed by atoms with E-state index in [1.165, 1.54) is 18.4 Å². The molecule has 0 spiro atoms. The lowest BCUT2D eigenvalue weighted by molar-refractivity contribution is 0.620. The van der Waals surface area contributed by atoms with E-state index in [-0.39, 0.29) is 0 Å². The molecule has 0 saturated heterocycles. The zero-order chi connectivity index (χ0) is 10.3. The molecule has 1 aliphatic carbocycles. The van der Waals surface area contributed by atoms with E-state index in [1.54, 1.807) is 11.3 Å². The Morgan fingerprint density at radius 1 is 1.53 bits per heavy atom. The number of nitrogens with zero attached hydrogens (tertiary/aromatic N) is 3. The highest BCUT2D eigenvalue weighted by Gasteiger charge is 2.30. The highest BCUT2D eigenvalue weighted by atomic mass is 32.1. The molecule has 15 heavy (non-hydrogen) atoms. The predicted octanol–water partition coefficient (Wildman–Crippen LogP) is 1.85. The molecule has 2 aromatic rings. The molecule has 2 N–H and O–H groups in total. The summed E-state index contributed by atoms with van der Waals surface area (Å²) in [6.07, 6.45) is 2.45. The van der Waals surface area contributed by atoms with Gasteiger partial charge in [0.25, 0.3) is 0 Å². The van der Waals surface area contributed by atoms with E-state index in [2.05, 4.69) is 27.1 Å². The molecule has 78 valence electrons. The van der Waals surface area contributed by atoms with E-state index in [0.29, 0.717) is 11.7 Å². The first kappa shape index (κ1) is 8.91. The van der Waals surface area contributed by atoms with Crippen LogP contribution in [0.25, 0.3) is 0 Å². The second kappa shape index (κ2) is 3.34. The van der Waals surface area contributed by atoms with Gasteiger partial charge in [-0.05, 0) is 35.2 Å². The number of anilines is 1. The molecule has 1 fully saturated rings. The maximum absolute atomic E-state index is 5.82. The summed E-state index contributed by atoms with van der Waals surface area (Å²) in [6, 6.07) is 2.11. The van der Waals surface area contributed by atoms with Gasteiger partial charge in [0.05, 0.1) is 12.2 Å². The summed E-state index contributed by atoms with van der Waals surface area (Å²) < 4.78 is 1.94. The van der Waals surface area contributed by atoms with Gasteiger partial charge in [0, 0.05) is 5.92 Å². The van der Waals surface area contributed by atoms with Crippen molar-refractivity contribution in [1.82, 2.24) is 15.0 Å². The molecule has 4 nitrogen and oxygen atoms in total. The molecular weight excluding hydrogens is 208 g/mol. The van der Waals surface area contributed by atoms with Crippen LogP contribution < -0.4 is 5.73 Å². The number of hydrogen-bond donors (Lipinski definition) is 1. The summed E-state index contributed by atoms with van der Waals surface area (Å²) in [7, 11) is 0. The maximum atomic E-state index is 5.82. The van der Waals surface area contributed by atoms with E-state index >= 15 is 0 Å². The third-order valence-corrected chi connectivity index (χ3v) is 3.41. The molecule has 0 radical (unpaired) electrons. The smallest absolute Gasteiger partial charge is 0.169 e. The molecule has 0 atom stereocenters. The molecule has 1 aliphatic rings. The first-order chi connectivity index (χ1) is 7.34. The highest BCUT2D eigenvalue weighted by Crippen LogP contribution is 2.42. The first-order valence-corrected chi connectivity index (χ1v) is 5.99. The molecular formula is C10H12N4S. The first-order valence-electron chi connectivity index (χ1n) is 5.04. The molecule has 0 unspecified atom stereocenters. The normalized spacial score (nSPS) is 15.7. The van der Waals surface area contributed by atoms with Crippen molar-refractivity contribution in [3.05, 3.63) is 28.1 Å². The van der Waals surface area contributed by atoms with Crippen LogP contribution in [-0.2, 0) is 6.54 Å². The van der Waals surface area contributed by atoms with Gasteiger partial charge in [-0.3, -0.25) is 0 Å². The van der Waals surface area contributed by atoms with Gasteiger partial charge in [0.2, 0.25) is 0 Å². The number of thiophene rings is 1. The summed E-state index contributed by atoms with van der Waals surface area (Å²) in [5.41, 5.74) is 8.22. The molecule has 1 saturated carbocycles. The van der Waals surface area contributed by atoms with E-state index in [1.807, 2.05) is 4.68 Å². The van der Waals surface area contributed by atoms with Crippen LogP contribution in [0.3, 0.4) is 0 Å². The molecule has 3 rings (SSSR count). The molecule has 5 heteroatoms. The number of nitrogen functional groups attached to an aromatic ring is 1. The average molecular weight is 220 g/mol. The number of nitrogens with two attached hydrogens (primary N) is 1. The molecule has 0 aliphatic heterocycles. The molecule has 0 bridgehead atoms. The largest absolute Gasteiger partial charge is 0.381 e. The fourth-order valence-electron chi connectivity index (χ4n) is 1.78. The SMILES string of the molecule is Nc1nnn(Cc2ccsc2)c1C1CC1. The van der Waals surface area contributed by atoms with E-state index < -0.39 is 0 Å². The van der Waals surface area contributed by atoms with Crippen molar-refractivity contribution in [2.24, 2.45) is 0 Å². The van der Waals surface area contributed by atoms with Crippen molar-refractivity contribution in [1.29, 1.82) is 0 Å². The standard InChI is InChI=1S/C10H12N4S/c11-10-9(8-1-2-8)14(13-12-10)5-7-3-4-15-6-7/h3-4,6,8H,1-2,5,11H2. The minimum atomic E-state index is 0.596. The van der Waals surface area contributed by atoms with Crippen LogP contribution in [0.15, 0.2) is 16.8 Å². The maximum Gasteiger partial charge on any atom is 0.169 e. The summed E-state index contributed by atoms with van der Waals surface area (Å²) in [5, 5.41) is 12.3. The van der Waals surface area contributed by atoms with Gasteiger partial charge in [-0.1, -0.05) is 5.21 Å². The minimum Gasteiger partial charge on any atom is -0.381 e. The summed E-state index contributed by atoms with van der Waals surface area (Å²) >= 11 is 1.70. The Kier molecular flexibility index (Phi) is 1.98. The monoisotopic (exact) mass is 220 g/mol. The summed E-state index contributed by atoms with van der Waals surface area (Å²) in [4.78, 5) is 0. The van der Waals surface area contributed by atoms with E-state index in [9.17, 15) is 0 Å². The topological polar surface area (TPSA) is 56.7 Å². The summed E-state index contributed by atoms with van der Waals surface area (Å²) in [6.45, 7) is 0.791. The Morgan fingerprint density at radius 2 is 2.40 bits per heavy atom. The lowest BCUT2D eigenvalue weighted by atomic mass is 10.2. The fraction of sp³-hybridized carbons (Fsp3) is 0.400. The van der Waals surface area contributed by atoms with Gasteiger partial charge >= 0.3 is 0 Å². The highest BCUT2D eigenvalue weighted by molar-refractivity contribution is 7.07. The zero-order valence-corrected chi connectivity index (χ0v) is 9.07. The van der Waals surface area contributed by atoms with Crippen molar-refractivity contribution in [2.75, 3.05) is 5.73 Å². The zero-order valence-electron chi connectivity index (χ0n) is 8.26. The van der Waals surface area contributed by atoms with Crippen LogP contribution in [0.4, 0.5) is 5.82 Å².